The molecule has 18 heavy (non-hydrogen) atoms. The number of rotatable bonds is 2. The Kier molecular flexibility index (Phi) is 3.30. The molecule has 2 aromatic rings. The van der Waals surface area contributed by atoms with Gasteiger partial charge in [0, 0.05) is 16.5 Å². The summed E-state index contributed by atoms with van der Waals surface area (Å²) in [5.41, 5.74) is 0.934. The van der Waals surface area contributed by atoms with E-state index in [1.807, 2.05) is 24.3 Å². The molecule has 0 saturated carbocycles. The lowest BCUT2D eigenvalue weighted by Gasteiger charge is -2.18. The second-order valence-electron chi connectivity index (χ2n) is 4.49. The van der Waals surface area contributed by atoms with Gasteiger partial charge < -0.3 is 9.84 Å². The van der Waals surface area contributed by atoms with Crippen molar-refractivity contribution in [3.8, 4) is 11.4 Å². The highest BCUT2D eigenvalue weighted by Gasteiger charge is 2.21. The molecule has 0 atom stereocenters. The molecule has 5 heteroatoms. The van der Waals surface area contributed by atoms with E-state index >= 15 is 0 Å². The van der Waals surface area contributed by atoms with Gasteiger partial charge in [0.25, 0.3) is 0 Å². The maximum Gasteiger partial charge on any atom is 0.230 e. The quantitative estimate of drug-likeness (QED) is 0.905. The second kappa shape index (κ2) is 5.08. The fraction of sp³-hybridized carbons (Fsp3) is 0.385. The molecule has 1 aliphatic heterocycles. The normalized spacial score (nSPS) is 16.9. The molecule has 0 spiro atoms. The van der Waals surface area contributed by atoms with Crippen LogP contribution in [0.25, 0.3) is 11.4 Å². The Labute approximate surface area is 110 Å². The van der Waals surface area contributed by atoms with Crippen LogP contribution in [0, 0.1) is 0 Å². The molecule has 1 aromatic carbocycles. The topological polar surface area (TPSA) is 51.0 Å². The van der Waals surface area contributed by atoms with Crippen LogP contribution >= 0.6 is 11.6 Å². The Bertz CT molecular complexity index is 517. The number of benzene rings is 1. The summed E-state index contributed by atoms with van der Waals surface area (Å²) in [6.45, 7) is 2.03. The van der Waals surface area contributed by atoms with Crippen molar-refractivity contribution in [2.75, 3.05) is 13.1 Å². The molecular weight excluding hydrogens is 250 g/mol. The zero-order valence-electron chi connectivity index (χ0n) is 9.90. The maximum absolute atomic E-state index is 5.85. The van der Waals surface area contributed by atoms with E-state index in [-0.39, 0.29) is 0 Å². The highest BCUT2D eigenvalue weighted by atomic mass is 35.5. The molecular formula is C13H14ClN3O. The molecule has 0 radical (unpaired) electrons. The lowest BCUT2D eigenvalue weighted by molar-refractivity contribution is 0.320. The first-order valence-electron chi connectivity index (χ1n) is 6.13. The van der Waals surface area contributed by atoms with Crippen LogP contribution in [0.2, 0.25) is 5.02 Å². The van der Waals surface area contributed by atoms with Crippen LogP contribution in [0.15, 0.2) is 28.8 Å². The average Bonchev–Trinajstić information content (AvgIpc) is 2.90. The molecule has 2 heterocycles. The predicted molar refractivity (Wildman–Crippen MR) is 69.6 cm³/mol. The van der Waals surface area contributed by atoms with Crippen molar-refractivity contribution < 1.29 is 4.52 Å². The molecule has 3 rings (SSSR count). The third-order valence-corrected chi connectivity index (χ3v) is 3.48. The van der Waals surface area contributed by atoms with Crippen LogP contribution in [-0.4, -0.2) is 23.2 Å². The third-order valence-electron chi connectivity index (χ3n) is 3.23. The Hall–Kier alpha value is -1.39. The average molecular weight is 264 g/mol. The molecule has 4 nitrogen and oxygen atoms in total. The minimum atomic E-state index is 0.389. The molecule has 1 fully saturated rings. The molecule has 0 bridgehead atoms. The summed E-state index contributed by atoms with van der Waals surface area (Å²) in [5, 5.41) is 8.08. The Morgan fingerprint density at radius 1 is 1.17 bits per heavy atom. The van der Waals surface area contributed by atoms with Crippen molar-refractivity contribution in [1.29, 1.82) is 0 Å². The Morgan fingerprint density at radius 3 is 2.61 bits per heavy atom. The fourth-order valence-electron chi connectivity index (χ4n) is 2.19. The minimum Gasteiger partial charge on any atom is -0.339 e. The van der Waals surface area contributed by atoms with Crippen molar-refractivity contribution in [2.24, 2.45) is 0 Å². The van der Waals surface area contributed by atoms with E-state index in [1.54, 1.807) is 0 Å². The van der Waals surface area contributed by atoms with Gasteiger partial charge in [-0.2, -0.15) is 4.98 Å². The first-order valence-corrected chi connectivity index (χ1v) is 6.51. The summed E-state index contributed by atoms with van der Waals surface area (Å²) in [6, 6.07) is 7.47. The lowest BCUT2D eigenvalue weighted by atomic mass is 9.98. The molecule has 0 unspecified atom stereocenters. The zero-order chi connectivity index (χ0) is 12.4. The number of piperidine rings is 1. The van der Waals surface area contributed by atoms with Crippen LogP contribution in [-0.2, 0) is 0 Å². The Balaban J connectivity index is 1.82. The number of aromatic nitrogens is 2. The third kappa shape index (κ3) is 2.40. The molecule has 1 saturated heterocycles. The lowest BCUT2D eigenvalue weighted by Crippen LogP contribution is -2.26. The van der Waals surface area contributed by atoms with Crippen molar-refractivity contribution in [3.05, 3.63) is 35.2 Å². The van der Waals surface area contributed by atoms with E-state index in [4.69, 9.17) is 16.1 Å². The zero-order valence-corrected chi connectivity index (χ0v) is 10.7. The summed E-state index contributed by atoms with van der Waals surface area (Å²) in [7, 11) is 0. The molecule has 1 N–H and O–H groups in total. The van der Waals surface area contributed by atoms with Gasteiger partial charge in [-0.25, -0.2) is 0 Å². The first kappa shape index (κ1) is 11.7. The highest BCUT2D eigenvalue weighted by Crippen LogP contribution is 2.26. The van der Waals surface area contributed by atoms with E-state index in [1.165, 1.54) is 0 Å². The largest absolute Gasteiger partial charge is 0.339 e. The van der Waals surface area contributed by atoms with Gasteiger partial charge in [-0.3, -0.25) is 0 Å². The standard InChI is InChI=1S/C13H14ClN3O/c14-11-3-1-9(2-4-11)12-16-13(18-17-12)10-5-7-15-8-6-10/h1-4,10,15H,5-8H2. The summed E-state index contributed by atoms with van der Waals surface area (Å²) in [6.07, 6.45) is 2.12. The molecule has 0 aliphatic carbocycles. The van der Waals surface area contributed by atoms with Crippen molar-refractivity contribution in [1.82, 2.24) is 15.5 Å². The second-order valence-corrected chi connectivity index (χ2v) is 4.92. The van der Waals surface area contributed by atoms with Gasteiger partial charge in [-0.05, 0) is 50.2 Å². The van der Waals surface area contributed by atoms with Crippen LogP contribution in [0.3, 0.4) is 0 Å². The van der Waals surface area contributed by atoms with Gasteiger partial charge in [-0.15, -0.1) is 0 Å². The molecule has 1 aromatic heterocycles. The van der Waals surface area contributed by atoms with Gasteiger partial charge >= 0.3 is 0 Å². The number of hydrogen-bond donors (Lipinski definition) is 1. The van der Waals surface area contributed by atoms with Gasteiger partial charge in [0.05, 0.1) is 0 Å². The summed E-state index contributed by atoms with van der Waals surface area (Å²) < 4.78 is 5.37. The Morgan fingerprint density at radius 2 is 1.89 bits per heavy atom. The van der Waals surface area contributed by atoms with Gasteiger partial charge in [0.15, 0.2) is 0 Å². The SMILES string of the molecule is Clc1ccc(-c2noc(C3CCNCC3)n2)cc1. The smallest absolute Gasteiger partial charge is 0.230 e. The van der Waals surface area contributed by atoms with E-state index in [0.717, 1.165) is 37.4 Å². The maximum atomic E-state index is 5.85. The minimum absolute atomic E-state index is 0.389. The predicted octanol–water partition coefficient (Wildman–Crippen LogP) is 2.86. The number of hydrogen-bond acceptors (Lipinski definition) is 4. The van der Waals surface area contributed by atoms with E-state index in [2.05, 4.69) is 15.5 Å². The van der Waals surface area contributed by atoms with Crippen LogP contribution in [0.4, 0.5) is 0 Å². The van der Waals surface area contributed by atoms with Gasteiger partial charge in [0.1, 0.15) is 0 Å². The summed E-state index contributed by atoms with van der Waals surface area (Å²) in [5.74, 6) is 1.78. The monoisotopic (exact) mass is 263 g/mol. The van der Waals surface area contributed by atoms with Crippen LogP contribution in [0.5, 0.6) is 0 Å². The first-order chi connectivity index (χ1) is 8.83. The number of halogens is 1. The van der Waals surface area contributed by atoms with Gasteiger partial charge in [0.2, 0.25) is 11.7 Å². The summed E-state index contributed by atoms with van der Waals surface area (Å²) >= 11 is 5.85. The van der Waals surface area contributed by atoms with Crippen molar-refractivity contribution >= 4 is 11.6 Å². The van der Waals surface area contributed by atoms with Gasteiger partial charge in [-0.1, -0.05) is 16.8 Å². The van der Waals surface area contributed by atoms with E-state index in [0.29, 0.717) is 16.8 Å². The van der Waals surface area contributed by atoms with Crippen molar-refractivity contribution in [2.45, 2.75) is 18.8 Å². The van der Waals surface area contributed by atoms with Crippen LogP contribution in [0.1, 0.15) is 24.7 Å². The summed E-state index contributed by atoms with van der Waals surface area (Å²) in [4.78, 5) is 4.49. The van der Waals surface area contributed by atoms with Crippen molar-refractivity contribution in [3.63, 3.8) is 0 Å². The van der Waals surface area contributed by atoms with E-state index < -0.39 is 0 Å². The van der Waals surface area contributed by atoms with Crippen LogP contribution < -0.4 is 5.32 Å². The van der Waals surface area contributed by atoms with E-state index in [9.17, 15) is 0 Å². The number of nitrogens with zero attached hydrogens (tertiary/aromatic N) is 2. The molecule has 0 amide bonds. The molecule has 94 valence electrons. The molecule has 1 aliphatic rings. The highest BCUT2D eigenvalue weighted by molar-refractivity contribution is 6.30. The number of nitrogens with one attached hydrogen (secondary N) is 1. The fourth-order valence-corrected chi connectivity index (χ4v) is 2.31.